The molecule has 0 nitrogen and oxygen atoms in total. The van der Waals surface area contributed by atoms with Crippen LogP contribution in [0.2, 0.25) is 0 Å². The smallest absolute Gasteiger partial charge is 0.00453 e. The van der Waals surface area contributed by atoms with Crippen LogP contribution >= 0.6 is 0 Å². The summed E-state index contributed by atoms with van der Waals surface area (Å²) in [6.45, 7) is 0. The Morgan fingerprint density at radius 1 is 0.750 bits per heavy atom. The van der Waals surface area contributed by atoms with Gasteiger partial charge in [-0.3, -0.25) is 0 Å². The minimum Gasteiger partial charge on any atom is -0.121 e. The molecule has 0 spiro atoms. The van der Waals surface area contributed by atoms with Gasteiger partial charge in [0.1, 0.15) is 0 Å². The average Bonchev–Trinajstić information content (AvgIpc) is 2.05. The van der Waals surface area contributed by atoms with Crippen molar-refractivity contribution in [1.29, 1.82) is 0 Å². The lowest BCUT2D eigenvalue weighted by Gasteiger charge is -2.00. The third kappa shape index (κ3) is 5.21. The van der Waals surface area contributed by atoms with Gasteiger partial charge in [-0.25, -0.2) is 0 Å². The summed E-state index contributed by atoms with van der Waals surface area (Å²) < 4.78 is 0. The van der Waals surface area contributed by atoms with Crippen molar-refractivity contribution in [3.63, 3.8) is 0 Å². The first-order chi connectivity index (χ1) is 6.00. The third-order valence-electron chi connectivity index (χ3n) is 2.35. The fraction of sp³-hybridized carbons (Fsp3) is 0.750. The molecule has 0 aliphatic heterocycles. The SMILES string of the molecule is [C]1=C=CCCCCCCCCC1. The van der Waals surface area contributed by atoms with Crippen molar-refractivity contribution < 1.29 is 0 Å². The molecule has 0 amide bonds. The van der Waals surface area contributed by atoms with Crippen molar-refractivity contribution in [3.8, 4) is 0 Å². The summed E-state index contributed by atoms with van der Waals surface area (Å²) >= 11 is 0. The predicted octanol–water partition coefficient (Wildman–Crippen LogP) is 4.03. The van der Waals surface area contributed by atoms with Crippen LogP contribution in [0.4, 0.5) is 0 Å². The summed E-state index contributed by atoms with van der Waals surface area (Å²) in [4.78, 5) is 0. The van der Waals surface area contributed by atoms with Crippen molar-refractivity contribution >= 4 is 0 Å². The lowest BCUT2D eigenvalue weighted by atomic mass is 10.1. The Bertz CT molecular complexity index is 135. The van der Waals surface area contributed by atoms with E-state index in [9.17, 15) is 0 Å². The summed E-state index contributed by atoms with van der Waals surface area (Å²) in [5.74, 6) is 0. The second-order valence-electron chi connectivity index (χ2n) is 3.54. The first kappa shape index (κ1) is 9.61. The van der Waals surface area contributed by atoms with Crippen molar-refractivity contribution in [1.82, 2.24) is 0 Å². The monoisotopic (exact) mass is 163 g/mol. The number of hydrogen-bond acceptors (Lipinski definition) is 0. The second-order valence-corrected chi connectivity index (χ2v) is 3.54. The van der Waals surface area contributed by atoms with Gasteiger partial charge in [0.05, 0.1) is 0 Å². The third-order valence-corrected chi connectivity index (χ3v) is 2.35. The molecule has 0 heterocycles. The van der Waals surface area contributed by atoms with E-state index in [-0.39, 0.29) is 0 Å². The minimum atomic E-state index is 1.11. The van der Waals surface area contributed by atoms with Gasteiger partial charge in [-0.15, -0.1) is 5.73 Å². The molecule has 0 atom stereocenters. The molecule has 12 heavy (non-hydrogen) atoms. The first-order valence-electron chi connectivity index (χ1n) is 5.30. The maximum atomic E-state index is 3.20. The Morgan fingerprint density at radius 3 is 2.25 bits per heavy atom. The molecule has 0 saturated heterocycles. The van der Waals surface area contributed by atoms with Gasteiger partial charge >= 0.3 is 0 Å². The lowest BCUT2D eigenvalue weighted by Crippen LogP contribution is -1.81. The summed E-state index contributed by atoms with van der Waals surface area (Å²) in [6, 6.07) is 0. The highest BCUT2D eigenvalue weighted by atomic mass is 14.0. The summed E-state index contributed by atoms with van der Waals surface area (Å²) in [5, 5.41) is 0. The van der Waals surface area contributed by atoms with E-state index in [0.29, 0.717) is 0 Å². The van der Waals surface area contributed by atoms with E-state index in [0.717, 1.165) is 6.42 Å². The van der Waals surface area contributed by atoms with Crippen LogP contribution in [-0.2, 0) is 0 Å². The van der Waals surface area contributed by atoms with E-state index in [2.05, 4.69) is 17.9 Å². The van der Waals surface area contributed by atoms with Crippen molar-refractivity contribution in [2.75, 3.05) is 0 Å². The van der Waals surface area contributed by atoms with E-state index in [4.69, 9.17) is 0 Å². The van der Waals surface area contributed by atoms with Crippen LogP contribution in [0.5, 0.6) is 0 Å². The van der Waals surface area contributed by atoms with Crippen LogP contribution in [0, 0.1) is 6.08 Å². The van der Waals surface area contributed by atoms with E-state index in [1.54, 1.807) is 0 Å². The summed E-state index contributed by atoms with van der Waals surface area (Å²) in [6.07, 6.45) is 17.4. The normalized spacial score (nSPS) is 21.3. The van der Waals surface area contributed by atoms with E-state index in [1.807, 2.05) is 0 Å². The van der Waals surface area contributed by atoms with Crippen molar-refractivity contribution in [2.45, 2.75) is 57.8 Å². The summed E-state index contributed by atoms with van der Waals surface area (Å²) in [5.41, 5.74) is 3.13. The molecule has 0 aromatic heterocycles. The molecule has 0 bridgehead atoms. The van der Waals surface area contributed by atoms with E-state index >= 15 is 0 Å². The van der Waals surface area contributed by atoms with Gasteiger partial charge in [0, 0.05) is 6.08 Å². The Morgan fingerprint density at radius 2 is 1.42 bits per heavy atom. The number of hydrogen-bond donors (Lipinski definition) is 0. The van der Waals surface area contributed by atoms with Crippen LogP contribution in [0.15, 0.2) is 11.8 Å². The molecule has 0 aromatic carbocycles. The fourth-order valence-corrected chi connectivity index (χ4v) is 1.56. The van der Waals surface area contributed by atoms with Crippen LogP contribution in [0.3, 0.4) is 0 Å². The molecule has 0 N–H and O–H groups in total. The van der Waals surface area contributed by atoms with Gasteiger partial charge in [0.25, 0.3) is 0 Å². The van der Waals surface area contributed by atoms with Crippen LogP contribution < -0.4 is 0 Å². The molecule has 1 radical (unpaired) electrons. The molecule has 0 fully saturated rings. The zero-order chi connectivity index (χ0) is 8.49. The van der Waals surface area contributed by atoms with Gasteiger partial charge in [-0.2, -0.15) is 0 Å². The molecule has 0 saturated carbocycles. The Balaban J connectivity index is 2.22. The highest BCUT2D eigenvalue weighted by Crippen LogP contribution is 2.10. The second kappa shape index (κ2) is 7.18. The molecule has 1 aliphatic carbocycles. The predicted molar refractivity (Wildman–Crippen MR) is 52.9 cm³/mol. The van der Waals surface area contributed by atoms with Gasteiger partial charge in [-0.05, 0) is 31.8 Å². The van der Waals surface area contributed by atoms with Crippen LogP contribution in [0.25, 0.3) is 0 Å². The van der Waals surface area contributed by atoms with Gasteiger partial charge in [0.2, 0.25) is 0 Å². The molecule has 1 aliphatic rings. The largest absolute Gasteiger partial charge is 0.121 e. The zero-order valence-electron chi connectivity index (χ0n) is 7.94. The zero-order valence-corrected chi connectivity index (χ0v) is 7.94. The summed E-state index contributed by atoms with van der Waals surface area (Å²) in [7, 11) is 0. The van der Waals surface area contributed by atoms with Gasteiger partial charge in [0.15, 0.2) is 0 Å². The fourth-order valence-electron chi connectivity index (χ4n) is 1.56. The van der Waals surface area contributed by atoms with Crippen LogP contribution in [-0.4, -0.2) is 0 Å². The standard InChI is InChI=1S/C12H19/c1-2-4-6-8-10-12-11-9-7-5-3-1/h1H,2,4,6-12H2. The topological polar surface area (TPSA) is 0 Å². The average molecular weight is 163 g/mol. The molecular weight excluding hydrogens is 144 g/mol. The molecule has 1 rings (SSSR count). The quantitative estimate of drug-likeness (QED) is 0.473. The maximum absolute atomic E-state index is 3.20. The first-order valence-corrected chi connectivity index (χ1v) is 5.30. The van der Waals surface area contributed by atoms with E-state index < -0.39 is 0 Å². The van der Waals surface area contributed by atoms with Gasteiger partial charge in [-0.1, -0.05) is 32.1 Å². The van der Waals surface area contributed by atoms with Crippen molar-refractivity contribution in [2.24, 2.45) is 0 Å². The Labute approximate surface area is 76.4 Å². The molecule has 0 heteroatoms. The van der Waals surface area contributed by atoms with E-state index in [1.165, 1.54) is 51.4 Å². The van der Waals surface area contributed by atoms with Crippen LogP contribution in [0.1, 0.15) is 57.8 Å². The lowest BCUT2D eigenvalue weighted by molar-refractivity contribution is 0.581. The highest BCUT2D eigenvalue weighted by molar-refractivity contribution is 4.79. The molecular formula is C12H19. The maximum Gasteiger partial charge on any atom is 0.00453 e. The Kier molecular flexibility index (Phi) is 5.75. The highest BCUT2D eigenvalue weighted by Gasteiger charge is 1.91. The number of rotatable bonds is 0. The molecule has 0 aromatic rings. The molecule has 67 valence electrons. The minimum absolute atomic E-state index is 1.11. The molecule has 0 unspecified atom stereocenters. The van der Waals surface area contributed by atoms with Crippen molar-refractivity contribution in [3.05, 3.63) is 17.9 Å². The van der Waals surface area contributed by atoms with Gasteiger partial charge < -0.3 is 0 Å². The number of allylic oxidation sites excluding steroid dienone is 1. The Hall–Kier alpha value is -0.480.